The second-order valence-corrected chi connectivity index (χ2v) is 11.5. The summed E-state index contributed by atoms with van der Waals surface area (Å²) in [6, 6.07) is 33.5. The van der Waals surface area contributed by atoms with Gasteiger partial charge in [-0.2, -0.15) is 0 Å². The lowest BCUT2D eigenvalue weighted by Gasteiger charge is -2.10. The summed E-state index contributed by atoms with van der Waals surface area (Å²) in [7, 11) is 0. The van der Waals surface area contributed by atoms with E-state index in [1.165, 1.54) is 23.1 Å². The fourth-order valence-corrected chi connectivity index (χ4v) is 6.09. The summed E-state index contributed by atoms with van der Waals surface area (Å²) in [5, 5.41) is 7.91. The number of benzene rings is 4. The Balaban J connectivity index is 0.00000353. The van der Waals surface area contributed by atoms with Gasteiger partial charge in [-0.15, -0.1) is 33.4 Å². The molecular weight excluding hydrogens is 650 g/mol. The van der Waals surface area contributed by atoms with Crippen molar-refractivity contribution >= 4 is 68.6 Å². The number of carbonyl (C=O) groups is 1. The fourth-order valence-electron chi connectivity index (χ4n) is 4.30. The average Bonchev–Trinajstić information content (AvgIpc) is 3.43. The topological polar surface area (TPSA) is 72.2 Å². The molecule has 0 aliphatic carbocycles. The number of amides is 1. The van der Waals surface area contributed by atoms with Crippen molar-refractivity contribution in [1.82, 2.24) is 20.0 Å². The van der Waals surface area contributed by atoms with Crippen molar-refractivity contribution < 1.29 is 4.79 Å². The summed E-state index contributed by atoms with van der Waals surface area (Å²) in [6.07, 6.45) is 0. The number of nitrogens with zero attached hydrogens (tertiary/aromatic N) is 4. The van der Waals surface area contributed by atoms with E-state index in [2.05, 4.69) is 29.6 Å². The summed E-state index contributed by atoms with van der Waals surface area (Å²) in [4.78, 5) is 23.3. The van der Waals surface area contributed by atoms with Crippen LogP contribution in [0.1, 0.15) is 5.56 Å². The van der Waals surface area contributed by atoms with Crippen LogP contribution < -0.4 is 10.2 Å². The molecule has 0 bridgehead atoms. The number of hydrogen-bond acceptors (Lipinski definition) is 6. The van der Waals surface area contributed by atoms with E-state index < -0.39 is 0 Å². The summed E-state index contributed by atoms with van der Waals surface area (Å²) >= 11 is 8.92. The number of halogens is 2. The first kappa shape index (κ1) is 29.7. The van der Waals surface area contributed by atoms with E-state index in [-0.39, 0.29) is 28.6 Å². The van der Waals surface area contributed by atoms with Crippen LogP contribution in [0.25, 0.3) is 39.2 Å². The van der Waals surface area contributed by atoms with Gasteiger partial charge in [-0.25, -0.2) is 15.4 Å². The second-order valence-electron chi connectivity index (χ2n) is 9.25. The molecule has 210 valence electrons. The lowest BCUT2D eigenvalue weighted by Crippen LogP contribution is -2.25. The standard InChI is InChI=1S/C32H24ClN5OS2.BrH/c1-21-11-17-25(18-12-21)38-28(22-13-15-24(33)16-14-22)19-41-32(38)37-36-29(39)20-40-31-30(23-7-3-2-4-8-23)34-26-9-5-6-10-27(26)35-31;/h2-19H,20H2,1H3,(H,36,39);1H/b37-32-;. The van der Waals surface area contributed by atoms with E-state index >= 15 is 0 Å². The Hall–Kier alpha value is -3.76. The number of hydrogen-bond donors (Lipinski definition) is 1. The molecule has 0 unspecified atom stereocenters. The van der Waals surface area contributed by atoms with E-state index in [1.54, 1.807) is 0 Å². The minimum atomic E-state index is -0.235. The monoisotopic (exact) mass is 673 g/mol. The number of aromatic nitrogens is 3. The Morgan fingerprint density at radius 3 is 2.26 bits per heavy atom. The predicted octanol–water partition coefficient (Wildman–Crippen LogP) is 8.08. The molecule has 0 spiro atoms. The Bertz CT molecular complexity index is 1910. The molecule has 6 aromatic rings. The lowest BCUT2D eigenvalue weighted by atomic mass is 10.1. The van der Waals surface area contributed by atoms with E-state index in [0.29, 0.717) is 14.8 Å². The SMILES string of the molecule is Br.Cc1ccc(-n2c(-c3ccc(Cl)cc3)cs/c2=N\NC(=O)CSc2nc3ccccc3nc2-c2ccccc2)cc1. The number of para-hydroxylation sites is 2. The molecule has 6 rings (SSSR count). The third-order valence-corrected chi connectivity index (χ3v) is 8.38. The van der Waals surface area contributed by atoms with Crippen LogP contribution in [0.15, 0.2) is 119 Å². The molecule has 10 heteroatoms. The minimum absolute atomic E-state index is 0. The van der Waals surface area contributed by atoms with Crippen LogP contribution in [0.4, 0.5) is 0 Å². The van der Waals surface area contributed by atoms with Crippen molar-refractivity contribution in [2.24, 2.45) is 5.10 Å². The van der Waals surface area contributed by atoms with Gasteiger partial charge in [-0.05, 0) is 48.9 Å². The molecule has 2 aromatic heterocycles. The number of thiazole rings is 1. The van der Waals surface area contributed by atoms with Gasteiger partial charge < -0.3 is 0 Å². The third kappa shape index (κ3) is 6.65. The van der Waals surface area contributed by atoms with Gasteiger partial charge in [0.25, 0.3) is 5.91 Å². The average molecular weight is 675 g/mol. The highest BCUT2D eigenvalue weighted by Crippen LogP contribution is 2.30. The molecule has 0 fully saturated rings. The maximum absolute atomic E-state index is 13.0. The van der Waals surface area contributed by atoms with Gasteiger partial charge in [0.15, 0.2) is 0 Å². The zero-order valence-electron chi connectivity index (χ0n) is 22.4. The molecule has 0 atom stereocenters. The van der Waals surface area contributed by atoms with Crippen LogP contribution in [0.2, 0.25) is 5.02 Å². The van der Waals surface area contributed by atoms with E-state index in [0.717, 1.165) is 44.8 Å². The maximum atomic E-state index is 13.0. The number of fused-ring (bicyclic) bond motifs is 1. The molecule has 1 N–H and O–H groups in total. The van der Waals surface area contributed by atoms with Crippen LogP contribution in [0, 0.1) is 6.92 Å². The van der Waals surface area contributed by atoms with Gasteiger partial charge in [-0.1, -0.05) is 95.7 Å². The van der Waals surface area contributed by atoms with E-state index in [9.17, 15) is 4.79 Å². The second kappa shape index (κ2) is 13.5. The fraction of sp³-hybridized carbons (Fsp3) is 0.0625. The molecule has 4 aromatic carbocycles. The van der Waals surface area contributed by atoms with Crippen LogP contribution in [0.5, 0.6) is 0 Å². The van der Waals surface area contributed by atoms with Gasteiger partial charge in [0.1, 0.15) is 10.7 Å². The molecule has 1 amide bonds. The molecular formula is C32H25BrClN5OS2. The number of rotatable bonds is 7. The molecule has 6 nitrogen and oxygen atoms in total. The van der Waals surface area contributed by atoms with Crippen molar-refractivity contribution in [1.29, 1.82) is 0 Å². The van der Waals surface area contributed by atoms with Crippen molar-refractivity contribution in [2.45, 2.75) is 11.9 Å². The molecule has 0 saturated heterocycles. The Kier molecular flexibility index (Phi) is 9.54. The highest BCUT2D eigenvalue weighted by Gasteiger charge is 2.14. The highest BCUT2D eigenvalue weighted by atomic mass is 79.9. The quantitative estimate of drug-likeness (QED) is 0.137. The van der Waals surface area contributed by atoms with E-state index in [4.69, 9.17) is 21.6 Å². The van der Waals surface area contributed by atoms with Crippen molar-refractivity contribution in [3.05, 3.63) is 124 Å². The highest BCUT2D eigenvalue weighted by molar-refractivity contribution is 8.93. The normalized spacial score (nSPS) is 11.3. The van der Waals surface area contributed by atoms with Crippen LogP contribution in [-0.4, -0.2) is 26.2 Å². The summed E-state index contributed by atoms with van der Waals surface area (Å²) in [6.45, 7) is 2.05. The molecule has 0 aliphatic heterocycles. The molecule has 0 saturated carbocycles. The van der Waals surface area contributed by atoms with Gasteiger partial charge >= 0.3 is 0 Å². The summed E-state index contributed by atoms with van der Waals surface area (Å²) < 4.78 is 2.03. The van der Waals surface area contributed by atoms with Crippen LogP contribution >= 0.6 is 51.7 Å². The zero-order chi connectivity index (χ0) is 28.2. The first-order valence-electron chi connectivity index (χ1n) is 12.9. The molecule has 0 aliphatic rings. The number of aryl methyl sites for hydroxylation is 1. The van der Waals surface area contributed by atoms with Gasteiger partial charge in [0.2, 0.25) is 4.80 Å². The van der Waals surface area contributed by atoms with Gasteiger partial charge in [-0.3, -0.25) is 9.36 Å². The van der Waals surface area contributed by atoms with E-state index in [1.807, 2.05) is 101 Å². The Morgan fingerprint density at radius 1 is 0.881 bits per heavy atom. The van der Waals surface area contributed by atoms with Gasteiger partial charge in [0, 0.05) is 21.7 Å². The smallest absolute Gasteiger partial charge is 0.250 e. The van der Waals surface area contributed by atoms with Crippen LogP contribution in [-0.2, 0) is 4.79 Å². The third-order valence-electron chi connectivity index (χ3n) is 6.34. The first-order valence-corrected chi connectivity index (χ1v) is 15.1. The maximum Gasteiger partial charge on any atom is 0.250 e. The minimum Gasteiger partial charge on any atom is -0.284 e. The molecule has 2 heterocycles. The predicted molar refractivity (Wildman–Crippen MR) is 179 cm³/mol. The van der Waals surface area contributed by atoms with Crippen molar-refractivity contribution in [3.8, 4) is 28.2 Å². The molecule has 42 heavy (non-hydrogen) atoms. The van der Waals surface area contributed by atoms with Gasteiger partial charge in [0.05, 0.1) is 22.5 Å². The first-order chi connectivity index (χ1) is 20.0. The zero-order valence-corrected chi connectivity index (χ0v) is 26.5. The number of nitrogens with one attached hydrogen (secondary N) is 1. The Labute approximate surface area is 266 Å². The Morgan fingerprint density at radius 2 is 1.55 bits per heavy atom. The molecule has 0 radical (unpaired) electrons. The summed E-state index contributed by atoms with van der Waals surface area (Å²) in [5.74, 6) is -0.100. The number of thioether (sulfide) groups is 1. The lowest BCUT2D eigenvalue weighted by molar-refractivity contribution is -0.118. The van der Waals surface area contributed by atoms with Crippen molar-refractivity contribution in [3.63, 3.8) is 0 Å². The van der Waals surface area contributed by atoms with Crippen molar-refractivity contribution in [2.75, 3.05) is 5.75 Å². The largest absolute Gasteiger partial charge is 0.284 e. The number of carbonyl (C=O) groups excluding carboxylic acids is 1. The summed E-state index contributed by atoms with van der Waals surface area (Å²) in [5.41, 5.74) is 10.1. The van der Waals surface area contributed by atoms with Crippen LogP contribution in [0.3, 0.4) is 0 Å².